The Hall–Kier alpha value is -3.29. The second-order valence-corrected chi connectivity index (χ2v) is 5.48. The van der Waals surface area contributed by atoms with Gasteiger partial charge in [-0.15, -0.1) is 0 Å². The van der Waals surface area contributed by atoms with Gasteiger partial charge in [-0.1, -0.05) is 12.1 Å². The highest BCUT2D eigenvalue weighted by Gasteiger charge is 2.30. The molecule has 0 aliphatic rings. The maximum atomic E-state index is 12.8. The van der Waals surface area contributed by atoms with Crippen molar-refractivity contribution in [2.45, 2.75) is 12.7 Å². The quantitative estimate of drug-likeness (QED) is 0.769. The minimum absolute atomic E-state index is 0.000811. The molecule has 26 heavy (non-hydrogen) atoms. The molecule has 0 bridgehead atoms. The number of hydrogen-bond donors (Lipinski definition) is 1. The first-order valence-electron chi connectivity index (χ1n) is 7.55. The van der Waals surface area contributed by atoms with Crippen LogP contribution in [-0.2, 0) is 12.7 Å². The molecule has 3 aromatic rings. The molecule has 2 heterocycles. The van der Waals surface area contributed by atoms with Crippen LogP contribution in [0.15, 0.2) is 70.2 Å². The van der Waals surface area contributed by atoms with Gasteiger partial charge in [-0.05, 0) is 42.0 Å². The number of pyridine rings is 1. The topological polar surface area (TPSA) is 64.2 Å². The molecular formula is C18H13F3N2O3. The molecule has 0 saturated heterocycles. The molecule has 1 N–H and O–H groups in total. The highest BCUT2D eigenvalue weighted by molar-refractivity contribution is 6.02. The van der Waals surface area contributed by atoms with Gasteiger partial charge in [-0.25, -0.2) is 0 Å². The van der Waals surface area contributed by atoms with Gasteiger partial charge < -0.3 is 14.3 Å². The van der Waals surface area contributed by atoms with Crippen molar-refractivity contribution in [1.82, 2.24) is 4.57 Å². The number of halogens is 3. The maximum absolute atomic E-state index is 12.8. The molecule has 0 unspecified atom stereocenters. The standard InChI is InChI=1S/C18H13F3N2O3/c19-18(20,21)13-5-1-4-12(10-13)11-23-8-2-6-14(17(23)25)22-16(24)15-7-3-9-26-15/h1-10H,11H2,(H,22,24). The fourth-order valence-electron chi connectivity index (χ4n) is 2.39. The zero-order chi connectivity index (χ0) is 18.7. The molecule has 0 aliphatic heterocycles. The van der Waals surface area contributed by atoms with Crippen LogP contribution in [0.3, 0.4) is 0 Å². The lowest BCUT2D eigenvalue weighted by molar-refractivity contribution is -0.137. The fraction of sp³-hybridized carbons (Fsp3) is 0.111. The number of nitrogens with one attached hydrogen (secondary N) is 1. The van der Waals surface area contributed by atoms with Crippen LogP contribution in [0.25, 0.3) is 0 Å². The number of alkyl halides is 3. The Morgan fingerprint density at radius 2 is 1.92 bits per heavy atom. The van der Waals surface area contributed by atoms with Crippen LogP contribution in [0.5, 0.6) is 0 Å². The van der Waals surface area contributed by atoms with E-state index in [1.54, 1.807) is 0 Å². The molecule has 0 aliphatic carbocycles. The Morgan fingerprint density at radius 3 is 2.62 bits per heavy atom. The van der Waals surface area contributed by atoms with E-state index in [-0.39, 0.29) is 18.0 Å². The Morgan fingerprint density at radius 1 is 1.12 bits per heavy atom. The molecule has 2 aromatic heterocycles. The van der Waals surface area contributed by atoms with Gasteiger partial charge in [0.1, 0.15) is 5.69 Å². The number of amides is 1. The summed E-state index contributed by atoms with van der Waals surface area (Å²) in [6, 6.07) is 10.6. The monoisotopic (exact) mass is 362 g/mol. The molecule has 5 nitrogen and oxygen atoms in total. The van der Waals surface area contributed by atoms with E-state index in [1.807, 2.05) is 0 Å². The smallest absolute Gasteiger partial charge is 0.416 e. The van der Waals surface area contributed by atoms with Gasteiger partial charge in [0.05, 0.1) is 18.4 Å². The summed E-state index contributed by atoms with van der Waals surface area (Å²) in [6.45, 7) is -0.0623. The summed E-state index contributed by atoms with van der Waals surface area (Å²) in [5.41, 5.74) is -1.01. The fourth-order valence-corrected chi connectivity index (χ4v) is 2.39. The Balaban J connectivity index is 1.84. The van der Waals surface area contributed by atoms with Gasteiger partial charge in [0.25, 0.3) is 11.5 Å². The van der Waals surface area contributed by atoms with Crippen LogP contribution < -0.4 is 10.9 Å². The van der Waals surface area contributed by atoms with Crippen LogP contribution in [0.4, 0.5) is 18.9 Å². The number of nitrogens with zero attached hydrogens (tertiary/aromatic N) is 1. The zero-order valence-corrected chi connectivity index (χ0v) is 13.3. The summed E-state index contributed by atoms with van der Waals surface area (Å²) in [7, 11) is 0. The number of carbonyl (C=O) groups excluding carboxylic acids is 1. The number of hydrogen-bond acceptors (Lipinski definition) is 3. The van der Waals surface area contributed by atoms with Crippen molar-refractivity contribution in [3.05, 3.63) is 88.2 Å². The Bertz CT molecular complexity index is 976. The van der Waals surface area contributed by atoms with E-state index in [9.17, 15) is 22.8 Å². The molecule has 134 valence electrons. The van der Waals surface area contributed by atoms with Crippen LogP contribution in [-0.4, -0.2) is 10.5 Å². The summed E-state index contributed by atoms with van der Waals surface area (Å²) in [5.74, 6) is -0.554. The van der Waals surface area contributed by atoms with Gasteiger partial charge >= 0.3 is 6.18 Å². The first-order chi connectivity index (χ1) is 12.3. The third-order valence-electron chi connectivity index (χ3n) is 3.62. The van der Waals surface area contributed by atoms with Crippen molar-refractivity contribution in [3.63, 3.8) is 0 Å². The van der Waals surface area contributed by atoms with Crippen molar-refractivity contribution >= 4 is 11.6 Å². The zero-order valence-electron chi connectivity index (χ0n) is 13.3. The van der Waals surface area contributed by atoms with Crippen molar-refractivity contribution in [3.8, 4) is 0 Å². The molecule has 1 aromatic carbocycles. The Labute approximate surface area is 145 Å². The number of aromatic nitrogens is 1. The van der Waals surface area contributed by atoms with Gasteiger partial charge in [-0.2, -0.15) is 13.2 Å². The summed E-state index contributed by atoms with van der Waals surface area (Å²) in [4.78, 5) is 24.4. The number of furan rings is 1. The highest BCUT2D eigenvalue weighted by atomic mass is 19.4. The molecule has 0 spiro atoms. The number of benzene rings is 1. The summed E-state index contributed by atoms with van der Waals surface area (Å²) in [6.07, 6.45) is -1.70. The van der Waals surface area contributed by atoms with Crippen molar-refractivity contribution in [1.29, 1.82) is 0 Å². The minimum atomic E-state index is -4.46. The summed E-state index contributed by atoms with van der Waals surface area (Å²) < 4.78 is 44.6. The normalized spacial score (nSPS) is 11.3. The predicted octanol–water partition coefficient (Wildman–Crippen LogP) is 3.76. The van der Waals surface area contributed by atoms with Gasteiger partial charge in [0.2, 0.25) is 0 Å². The second kappa shape index (κ2) is 6.91. The third-order valence-corrected chi connectivity index (χ3v) is 3.62. The van der Waals surface area contributed by atoms with E-state index in [2.05, 4.69) is 5.32 Å². The average Bonchev–Trinajstić information content (AvgIpc) is 3.13. The lowest BCUT2D eigenvalue weighted by Gasteiger charge is -2.11. The molecular weight excluding hydrogens is 349 g/mol. The molecule has 0 fully saturated rings. The molecule has 0 saturated carbocycles. The van der Waals surface area contributed by atoms with E-state index in [0.717, 1.165) is 12.1 Å². The van der Waals surface area contributed by atoms with E-state index in [0.29, 0.717) is 5.56 Å². The van der Waals surface area contributed by atoms with Crippen LogP contribution in [0, 0.1) is 0 Å². The SMILES string of the molecule is O=C(Nc1cccn(Cc2cccc(C(F)(F)F)c2)c1=O)c1ccco1. The van der Waals surface area contributed by atoms with Crippen molar-refractivity contribution in [2.24, 2.45) is 0 Å². The first kappa shape index (κ1) is 17.5. The summed E-state index contributed by atoms with van der Waals surface area (Å²) >= 11 is 0. The van der Waals surface area contributed by atoms with Gasteiger partial charge in [0, 0.05) is 6.20 Å². The molecule has 1 amide bonds. The lowest BCUT2D eigenvalue weighted by Crippen LogP contribution is -2.25. The van der Waals surface area contributed by atoms with E-state index in [1.165, 1.54) is 53.4 Å². The molecule has 0 atom stereocenters. The highest BCUT2D eigenvalue weighted by Crippen LogP contribution is 2.29. The van der Waals surface area contributed by atoms with E-state index >= 15 is 0 Å². The molecule has 3 rings (SSSR count). The predicted molar refractivity (Wildman–Crippen MR) is 87.9 cm³/mol. The first-order valence-corrected chi connectivity index (χ1v) is 7.55. The number of carbonyl (C=O) groups is 1. The largest absolute Gasteiger partial charge is 0.459 e. The second-order valence-electron chi connectivity index (χ2n) is 5.48. The average molecular weight is 362 g/mol. The van der Waals surface area contributed by atoms with E-state index < -0.39 is 23.2 Å². The summed E-state index contributed by atoms with van der Waals surface area (Å²) in [5, 5.41) is 2.43. The van der Waals surface area contributed by atoms with Crippen LogP contribution in [0.2, 0.25) is 0 Å². The van der Waals surface area contributed by atoms with Gasteiger partial charge in [-0.3, -0.25) is 9.59 Å². The number of rotatable bonds is 4. The minimum Gasteiger partial charge on any atom is -0.459 e. The molecule has 8 heteroatoms. The van der Waals surface area contributed by atoms with Gasteiger partial charge in [0.15, 0.2) is 5.76 Å². The van der Waals surface area contributed by atoms with Crippen LogP contribution in [0.1, 0.15) is 21.7 Å². The maximum Gasteiger partial charge on any atom is 0.416 e. The lowest BCUT2D eigenvalue weighted by atomic mass is 10.1. The third kappa shape index (κ3) is 3.85. The van der Waals surface area contributed by atoms with Crippen molar-refractivity contribution < 1.29 is 22.4 Å². The Kier molecular flexibility index (Phi) is 4.66. The van der Waals surface area contributed by atoms with E-state index in [4.69, 9.17) is 4.42 Å². The van der Waals surface area contributed by atoms with Crippen LogP contribution >= 0.6 is 0 Å². The molecule has 0 radical (unpaired) electrons. The van der Waals surface area contributed by atoms with Crippen molar-refractivity contribution in [2.75, 3.05) is 5.32 Å². The number of anilines is 1.